The highest BCUT2D eigenvalue weighted by Gasteiger charge is 2.15. The average Bonchev–Trinajstić information content (AvgIpc) is 3.41. The first kappa shape index (κ1) is 18.1. The molecule has 27 heavy (non-hydrogen) atoms. The number of rotatable bonds is 6. The van der Waals surface area contributed by atoms with Gasteiger partial charge in [0.2, 0.25) is 11.0 Å². The van der Waals surface area contributed by atoms with Crippen LogP contribution in [0.5, 0.6) is 5.75 Å². The van der Waals surface area contributed by atoms with E-state index in [1.165, 1.54) is 11.8 Å². The van der Waals surface area contributed by atoms with Crippen molar-refractivity contribution in [1.29, 1.82) is 0 Å². The number of hydrogen-bond acceptors (Lipinski definition) is 7. The number of hydrogen-bond donors (Lipinski definition) is 1. The van der Waals surface area contributed by atoms with Crippen molar-refractivity contribution in [2.24, 2.45) is 0 Å². The molecule has 0 bridgehead atoms. The van der Waals surface area contributed by atoms with Crippen LogP contribution in [0.3, 0.4) is 0 Å². The lowest BCUT2D eigenvalue weighted by Crippen LogP contribution is -1.89. The highest BCUT2D eigenvalue weighted by Crippen LogP contribution is 2.32. The van der Waals surface area contributed by atoms with E-state index in [1.807, 2.05) is 24.4 Å². The Balaban J connectivity index is 1.50. The molecule has 0 aliphatic heterocycles. The topological polar surface area (TPSA) is 76.8 Å². The molecule has 1 N–H and O–H groups in total. The van der Waals surface area contributed by atoms with Crippen LogP contribution in [0.1, 0.15) is 11.5 Å². The zero-order valence-corrected chi connectivity index (χ0v) is 16.9. The summed E-state index contributed by atoms with van der Waals surface area (Å²) in [5, 5.41) is 10.4. The average molecular weight is 419 g/mol. The first-order valence-corrected chi connectivity index (χ1v) is 10.3. The zero-order chi connectivity index (χ0) is 18.8. The number of aryl methyl sites for hydroxylation is 1. The van der Waals surface area contributed by atoms with E-state index in [9.17, 15) is 0 Å². The predicted molar refractivity (Wildman–Crippen MR) is 107 cm³/mol. The van der Waals surface area contributed by atoms with Gasteiger partial charge in [0.1, 0.15) is 11.5 Å². The van der Waals surface area contributed by atoms with E-state index in [2.05, 4.69) is 20.2 Å². The van der Waals surface area contributed by atoms with Crippen molar-refractivity contribution in [2.45, 2.75) is 17.8 Å². The van der Waals surface area contributed by atoms with Gasteiger partial charge in [-0.05, 0) is 36.6 Å². The van der Waals surface area contributed by atoms with E-state index in [0.717, 1.165) is 21.9 Å². The molecule has 4 rings (SSSR count). The summed E-state index contributed by atoms with van der Waals surface area (Å²) < 4.78 is 11.1. The lowest BCUT2D eigenvalue weighted by Gasteiger charge is -2.05. The molecule has 0 unspecified atom stereocenters. The molecule has 4 aromatic rings. The molecule has 138 valence electrons. The standard InChI is InChI=1S/C18H15ClN4O2S2/c1-10-13(20-17(25-10)15-4-3-7-26-15)9-27-18-21-16(22-23-18)12-8-11(19)5-6-14(12)24-2/h3-8H,9H2,1-2H3,(H,21,22,23). The number of aromatic amines is 1. The summed E-state index contributed by atoms with van der Waals surface area (Å²) in [6.45, 7) is 1.92. The number of nitrogens with zero attached hydrogens (tertiary/aromatic N) is 3. The molecule has 9 heteroatoms. The largest absolute Gasteiger partial charge is 0.496 e. The summed E-state index contributed by atoms with van der Waals surface area (Å²) in [5.74, 6) is 3.36. The number of thioether (sulfide) groups is 1. The van der Waals surface area contributed by atoms with Gasteiger partial charge >= 0.3 is 0 Å². The van der Waals surface area contributed by atoms with Crippen LogP contribution in [0.25, 0.3) is 22.2 Å². The quantitative estimate of drug-likeness (QED) is 0.419. The van der Waals surface area contributed by atoms with Gasteiger partial charge in [0.25, 0.3) is 0 Å². The Morgan fingerprint density at radius 1 is 1.30 bits per heavy atom. The molecule has 0 aliphatic rings. The monoisotopic (exact) mass is 418 g/mol. The smallest absolute Gasteiger partial charge is 0.236 e. The van der Waals surface area contributed by atoms with Gasteiger partial charge in [-0.3, -0.25) is 5.10 Å². The zero-order valence-electron chi connectivity index (χ0n) is 14.5. The molecular weight excluding hydrogens is 404 g/mol. The lowest BCUT2D eigenvalue weighted by atomic mass is 10.2. The van der Waals surface area contributed by atoms with Crippen LogP contribution in [-0.2, 0) is 5.75 Å². The SMILES string of the molecule is COc1ccc(Cl)cc1-c1nc(SCc2nc(-c3cccs3)oc2C)n[nH]1. The van der Waals surface area contributed by atoms with Crippen LogP contribution in [0, 0.1) is 6.92 Å². The number of halogens is 1. The molecule has 3 heterocycles. The molecule has 0 amide bonds. The molecule has 0 fully saturated rings. The van der Waals surface area contributed by atoms with Gasteiger partial charge in [0, 0.05) is 10.8 Å². The first-order chi connectivity index (χ1) is 13.1. The van der Waals surface area contributed by atoms with Gasteiger partial charge in [-0.2, -0.15) is 0 Å². The van der Waals surface area contributed by atoms with Crippen molar-refractivity contribution >= 4 is 34.7 Å². The predicted octanol–water partition coefficient (Wildman–Crippen LogP) is 5.45. The number of nitrogens with one attached hydrogen (secondary N) is 1. The third-order valence-corrected chi connectivity index (χ3v) is 5.80. The molecule has 0 radical (unpaired) electrons. The fraction of sp³-hybridized carbons (Fsp3) is 0.167. The van der Waals surface area contributed by atoms with Crippen molar-refractivity contribution in [2.75, 3.05) is 7.11 Å². The van der Waals surface area contributed by atoms with E-state index in [-0.39, 0.29) is 0 Å². The van der Waals surface area contributed by atoms with E-state index in [1.54, 1.807) is 36.6 Å². The maximum atomic E-state index is 6.09. The number of aromatic nitrogens is 4. The normalized spacial score (nSPS) is 11.1. The molecule has 0 aliphatic carbocycles. The molecule has 1 aromatic carbocycles. The molecule has 3 aromatic heterocycles. The van der Waals surface area contributed by atoms with Crippen molar-refractivity contribution in [3.63, 3.8) is 0 Å². The number of oxazole rings is 1. The summed E-state index contributed by atoms with van der Waals surface area (Å²) in [7, 11) is 1.61. The number of ether oxygens (including phenoxy) is 1. The maximum absolute atomic E-state index is 6.09. The molecule has 0 saturated carbocycles. The second-order valence-electron chi connectivity index (χ2n) is 5.60. The van der Waals surface area contributed by atoms with Gasteiger partial charge in [-0.1, -0.05) is 29.4 Å². The Morgan fingerprint density at radius 2 is 2.19 bits per heavy atom. The minimum absolute atomic E-state index is 0.605. The fourth-order valence-corrected chi connectivity index (χ4v) is 4.12. The van der Waals surface area contributed by atoms with E-state index in [0.29, 0.717) is 33.4 Å². The molecule has 0 atom stereocenters. The van der Waals surface area contributed by atoms with E-state index < -0.39 is 0 Å². The molecular formula is C18H15ClN4O2S2. The molecule has 6 nitrogen and oxygen atoms in total. The van der Waals surface area contributed by atoms with Gasteiger partial charge < -0.3 is 9.15 Å². The lowest BCUT2D eigenvalue weighted by molar-refractivity contribution is 0.416. The Hall–Kier alpha value is -2.29. The van der Waals surface area contributed by atoms with E-state index >= 15 is 0 Å². The number of H-pyrrole nitrogens is 1. The van der Waals surface area contributed by atoms with E-state index in [4.69, 9.17) is 20.8 Å². The first-order valence-electron chi connectivity index (χ1n) is 8.03. The third kappa shape index (κ3) is 3.87. The molecule has 0 spiro atoms. The summed E-state index contributed by atoms with van der Waals surface area (Å²) in [4.78, 5) is 10.1. The van der Waals surface area contributed by atoms with Crippen LogP contribution < -0.4 is 4.74 Å². The van der Waals surface area contributed by atoms with Gasteiger partial charge in [0.15, 0.2) is 5.82 Å². The van der Waals surface area contributed by atoms with Gasteiger partial charge in [-0.25, -0.2) is 9.97 Å². The van der Waals surface area contributed by atoms with Crippen LogP contribution in [0.2, 0.25) is 5.02 Å². The van der Waals surface area contributed by atoms with Crippen molar-refractivity contribution < 1.29 is 9.15 Å². The van der Waals surface area contributed by atoms with Crippen LogP contribution in [0.15, 0.2) is 45.3 Å². The van der Waals surface area contributed by atoms with Crippen LogP contribution in [-0.4, -0.2) is 27.3 Å². The fourth-order valence-electron chi connectivity index (χ4n) is 2.50. The number of thiophene rings is 1. The van der Waals surface area contributed by atoms with Crippen molar-refractivity contribution in [3.05, 3.63) is 52.2 Å². The van der Waals surface area contributed by atoms with Gasteiger partial charge in [-0.15, -0.1) is 16.4 Å². The Morgan fingerprint density at radius 3 is 2.96 bits per heavy atom. The summed E-state index contributed by atoms with van der Waals surface area (Å²) >= 11 is 9.18. The Bertz CT molecular complexity index is 1060. The summed E-state index contributed by atoms with van der Waals surface area (Å²) in [5.41, 5.74) is 1.65. The Labute approximate surface area is 169 Å². The van der Waals surface area contributed by atoms with Gasteiger partial charge in [0.05, 0.1) is 23.2 Å². The minimum atomic E-state index is 0.605. The minimum Gasteiger partial charge on any atom is -0.496 e. The molecule has 0 saturated heterocycles. The van der Waals surface area contributed by atoms with Crippen molar-refractivity contribution in [1.82, 2.24) is 20.2 Å². The third-order valence-electron chi connectivity index (χ3n) is 3.84. The Kier molecular flexibility index (Phi) is 5.20. The van der Waals surface area contributed by atoms with Crippen LogP contribution >= 0.6 is 34.7 Å². The second kappa shape index (κ2) is 7.75. The number of methoxy groups -OCH3 is 1. The number of benzene rings is 1. The highest BCUT2D eigenvalue weighted by atomic mass is 35.5. The van der Waals surface area contributed by atoms with Crippen LogP contribution in [0.4, 0.5) is 0 Å². The summed E-state index contributed by atoms with van der Waals surface area (Å²) in [6.07, 6.45) is 0. The summed E-state index contributed by atoms with van der Waals surface area (Å²) in [6, 6.07) is 9.34. The second-order valence-corrected chi connectivity index (χ2v) is 7.93. The van der Waals surface area contributed by atoms with Crippen molar-refractivity contribution in [3.8, 4) is 27.9 Å². The highest BCUT2D eigenvalue weighted by molar-refractivity contribution is 7.98. The maximum Gasteiger partial charge on any atom is 0.236 e.